The van der Waals surface area contributed by atoms with E-state index < -0.39 is 0 Å². The first-order chi connectivity index (χ1) is 12.8. The Hall–Kier alpha value is -1.85. The van der Waals surface area contributed by atoms with Crippen LogP contribution in [0.5, 0.6) is 0 Å². The normalized spacial score (nSPS) is 19.3. The van der Waals surface area contributed by atoms with E-state index >= 15 is 0 Å². The fourth-order valence-electron chi connectivity index (χ4n) is 3.48. The van der Waals surface area contributed by atoms with Gasteiger partial charge in [0, 0.05) is 37.8 Å². The molecule has 6 heteroatoms. The Labute approximate surface area is 175 Å². The second-order valence-corrected chi connectivity index (χ2v) is 7.89. The highest BCUT2D eigenvalue weighted by atomic mass is 35.5. The summed E-state index contributed by atoms with van der Waals surface area (Å²) in [5.41, 5.74) is 1.71. The van der Waals surface area contributed by atoms with Crippen LogP contribution in [-0.4, -0.2) is 54.8 Å². The fraction of sp³-hybridized carbons (Fsp3) is 0.545. The van der Waals surface area contributed by atoms with Crippen molar-refractivity contribution < 1.29 is 9.59 Å². The van der Waals surface area contributed by atoms with Gasteiger partial charge in [0.2, 0.25) is 11.8 Å². The summed E-state index contributed by atoms with van der Waals surface area (Å²) in [5, 5.41) is 2.75. The van der Waals surface area contributed by atoms with Crippen molar-refractivity contribution >= 4 is 36.0 Å². The minimum Gasteiger partial charge on any atom is -0.335 e. The Kier molecular flexibility index (Phi) is 10.3. The van der Waals surface area contributed by atoms with E-state index in [9.17, 15) is 9.59 Å². The van der Waals surface area contributed by atoms with Gasteiger partial charge in [0.25, 0.3) is 0 Å². The van der Waals surface area contributed by atoms with E-state index in [-0.39, 0.29) is 24.2 Å². The zero-order valence-electron chi connectivity index (χ0n) is 17.5. The third kappa shape index (κ3) is 8.03. The number of carbonyl (C=O) groups excluding carboxylic acids is 2. The van der Waals surface area contributed by atoms with E-state index in [1.807, 2.05) is 49.3 Å². The molecule has 2 amide bonds. The third-order valence-electron chi connectivity index (χ3n) is 5.15. The predicted molar refractivity (Wildman–Crippen MR) is 119 cm³/mol. The number of carbonyl (C=O) groups is 2. The molecule has 0 unspecified atom stereocenters. The summed E-state index contributed by atoms with van der Waals surface area (Å²) in [5.74, 6) is 0.763. The van der Waals surface area contributed by atoms with Crippen molar-refractivity contribution in [3.8, 4) is 0 Å². The van der Waals surface area contributed by atoms with Gasteiger partial charge in [-0.25, -0.2) is 0 Å². The van der Waals surface area contributed by atoms with E-state index in [0.29, 0.717) is 6.04 Å². The molecule has 0 aliphatic heterocycles. The molecule has 1 aromatic rings. The summed E-state index contributed by atoms with van der Waals surface area (Å²) in [6.45, 7) is 5.42. The fourth-order valence-corrected chi connectivity index (χ4v) is 3.48. The Morgan fingerprint density at radius 3 is 2.21 bits per heavy atom. The van der Waals surface area contributed by atoms with Gasteiger partial charge in [-0.1, -0.05) is 19.1 Å². The molecule has 28 heavy (non-hydrogen) atoms. The Morgan fingerprint density at radius 1 is 1.07 bits per heavy atom. The van der Waals surface area contributed by atoms with Gasteiger partial charge in [0.15, 0.2) is 0 Å². The van der Waals surface area contributed by atoms with Gasteiger partial charge in [0.05, 0.1) is 0 Å². The van der Waals surface area contributed by atoms with Crippen LogP contribution in [0.3, 0.4) is 0 Å². The van der Waals surface area contributed by atoms with Gasteiger partial charge in [-0.3, -0.25) is 9.59 Å². The second kappa shape index (κ2) is 11.9. The highest BCUT2D eigenvalue weighted by molar-refractivity contribution is 5.92. The summed E-state index contributed by atoms with van der Waals surface area (Å²) in [7, 11) is 4.08. The highest BCUT2D eigenvalue weighted by Crippen LogP contribution is 2.27. The molecule has 1 fully saturated rings. The number of hydrogen-bond donors (Lipinski definition) is 1. The summed E-state index contributed by atoms with van der Waals surface area (Å²) in [4.78, 5) is 28.1. The van der Waals surface area contributed by atoms with Gasteiger partial charge in [-0.2, -0.15) is 0 Å². The van der Waals surface area contributed by atoms with Gasteiger partial charge in [-0.05, 0) is 69.5 Å². The summed E-state index contributed by atoms with van der Waals surface area (Å²) < 4.78 is 0. The summed E-state index contributed by atoms with van der Waals surface area (Å²) >= 11 is 0. The molecule has 1 aliphatic carbocycles. The largest absolute Gasteiger partial charge is 0.335 e. The van der Waals surface area contributed by atoms with Gasteiger partial charge in [0.1, 0.15) is 0 Å². The van der Waals surface area contributed by atoms with Crippen LogP contribution < -0.4 is 5.32 Å². The molecule has 0 saturated heterocycles. The number of amides is 2. The molecule has 0 heterocycles. The van der Waals surface area contributed by atoms with Crippen LogP contribution in [0.25, 0.3) is 6.08 Å². The average molecular weight is 408 g/mol. The predicted octanol–water partition coefficient (Wildman–Crippen LogP) is 4.05. The number of benzene rings is 1. The lowest BCUT2D eigenvalue weighted by molar-refractivity contribution is -0.129. The van der Waals surface area contributed by atoms with E-state index in [4.69, 9.17) is 0 Å². The van der Waals surface area contributed by atoms with Crippen molar-refractivity contribution in [2.45, 2.75) is 45.6 Å². The molecule has 2 rings (SSSR count). The van der Waals surface area contributed by atoms with E-state index in [0.717, 1.165) is 43.1 Å². The monoisotopic (exact) mass is 407 g/mol. The molecule has 1 aliphatic rings. The SMILES string of the molecule is CC(=O)Nc1ccc(/C=C/C(=O)N(CCN(C)C)[C@H]2CC[C@H](C)CC2)cc1.Cl. The Morgan fingerprint density at radius 2 is 1.68 bits per heavy atom. The maximum Gasteiger partial charge on any atom is 0.246 e. The number of likely N-dealkylation sites (N-methyl/N-ethyl adjacent to an activating group) is 1. The van der Waals surface area contributed by atoms with Crippen LogP contribution in [0.2, 0.25) is 0 Å². The first-order valence-corrected chi connectivity index (χ1v) is 9.86. The third-order valence-corrected chi connectivity index (χ3v) is 5.15. The molecule has 1 N–H and O–H groups in total. The van der Waals surface area contributed by atoms with Crippen molar-refractivity contribution in [3.63, 3.8) is 0 Å². The number of rotatable bonds is 7. The van der Waals surface area contributed by atoms with Crippen molar-refractivity contribution in [2.24, 2.45) is 5.92 Å². The molecule has 1 aromatic carbocycles. The van der Waals surface area contributed by atoms with Gasteiger partial charge < -0.3 is 15.1 Å². The van der Waals surface area contributed by atoms with Crippen LogP contribution in [-0.2, 0) is 9.59 Å². The van der Waals surface area contributed by atoms with Crippen LogP contribution >= 0.6 is 12.4 Å². The minimum absolute atomic E-state index is 0. The molecule has 156 valence electrons. The number of halogens is 1. The van der Waals surface area contributed by atoms with Crippen molar-refractivity contribution in [1.82, 2.24) is 9.80 Å². The Bertz CT molecular complexity index is 650. The molecule has 1 saturated carbocycles. The average Bonchev–Trinajstić information content (AvgIpc) is 2.62. The maximum atomic E-state index is 12.9. The van der Waals surface area contributed by atoms with Crippen molar-refractivity contribution in [3.05, 3.63) is 35.9 Å². The Balaban J connectivity index is 0.00000392. The van der Waals surface area contributed by atoms with E-state index in [2.05, 4.69) is 17.1 Å². The molecular formula is C22H34ClN3O2. The number of hydrogen-bond acceptors (Lipinski definition) is 3. The molecule has 0 atom stereocenters. The lowest BCUT2D eigenvalue weighted by atomic mass is 9.86. The number of nitrogens with zero attached hydrogens (tertiary/aromatic N) is 2. The summed E-state index contributed by atoms with van der Waals surface area (Å²) in [6.07, 6.45) is 8.13. The zero-order chi connectivity index (χ0) is 19.8. The molecule has 0 radical (unpaired) electrons. The molecule has 0 bridgehead atoms. The van der Waals surface area contributed by atoms with Gasteiger partial charge in [-0.15, -0.1) is 12.4 Å². The van der Waals surface area contributed by atoms with Crippen molar-refractivity contribution in [1.29, 1.82) is 0 Å². The minimum atomic E-state index is -0.0909. The lowest BCUT2D eigenvalue weighted by Crippen LogP contribution is -2.44. The van der Waals surface area contributed by atoms with Crippen LogP contribution in [0, 0.1) is 5.92 Å². The molecule has 5 nitrogen and oxygen atoms in total. The number of nitrogens with one attached hydrogen (secondary N) is 1. The van der Waals surface area contributed by atoms with Crippen LogP contribution in [0.1, 0.15) is 45.1 Å². The standard InChI is InChI=1S/C22H33N3O2.ClH/c1-17-5-12-21(13-6-17)25(16-15-24(3)4)22(27)14-9-19-7-10-20(11-8-19)23-18(2)26;/h7-11,14,17,21H,5-6,12-13,15-16H2,1-4H3,(H,23,26);1H/b14-9+;/t17-,21-;. The summed E-state index contributed by atoms with van der Waals surface area (Å²) in [6, 6.07) is 7.85. The van der Waals surface area contributed by atoms with Crippen LogP contribution in [0.4, 0.5) is 5.69 Å². The smallest absolute Gasteiger partial charge is 0.246 e. The van der Waals surface area contributed by atoms with Crippen LogP contribution in [0.15, 0.2) is 30.3 Å². The molecular weight excluding hydrogens is 374 g/mol. The quantitative estimate of drug-likeness (QED) is 0.693. The van der Waals surface area contributed by atoms with E-state index in [1.165, 1.54) is 19.8 Å². The van der Waals surface area contributed by atoms with Crippen molar-refractivity contribution in [2.75, 3.05) is 32.5 Å². The first-order valence-electron chi connectivity index (χ1n) is 9.86. The lowest BCUT2D eigenvalue weighted by Gasteiger charge is -2.36. The number of anilines is 1. The zero-order valence-corrected chi connectivity index (χ0v) is 18.3. The highest BCUT2D eigenvalue weighted by Gasteiger charge is 2.26. The topological polar surface area (TPSA) is 52.7 Å². The maximum absolute atomic E-state index is 12.9. The van der Waals surface area contributed by atoms with E-state index in [1.54, 1.807) is 6.08 Å². The van der Waals surface area contributed by atoms with Gasteiger partial charge >= 0.3 is 0 Å². The molecule has 0 aromatic heterocycles. The second-order valence-electron chi connectivity index (χ2n) is 7.89. The first kappa shape index (κ1) is 24.2. The molecule has 0 spiro atoms.